The van der Waals surface area contributed by atoms with Crippen LogP contribution in [0.1, 0.15) is 39.2 Å². The Labute approximate surface area is 174 Å². The Morgan fingerprint density at radius 3 is 2.74 bits per heavy atom. The summed E-state index contributed by atoms with van der Waals surface area (Å²) in [5, 5.41) is 0.406. The largest absolute Gasteiger partial charge is 0.444 e. The minimum absolute atomic E-state index is 0.0569. The molecule has 2 rings (SSSR count). The van der Waals surface area contributed by atoms with Crippen molar-refractivity contribution in [2.45, 2.75) is 45.0 Å². The average Bonchev–Trinajstić information content (AvgIpc) is 2.54. The van der Waals surface area contributed by atoms with Crippen molar-refractivity contribution in [1.82, 2.24) is 9.62 Å². The van der Waals surface area contributed by atoms with Gasteiger partial charge < -0.3 is 9.64 Å². The van der Waals surface area contributed by atoms with Gasteiger partial charge in [0.05, 0.1) is 5.75 Å². The molecule has 1 heterocycles. The van der Waals surface area contributed by atoms with E-state index in [1.54, 1.807) is 23.1 Å². The highest BCUT2D eigenvalue weighted by atomic mass is 79.9. The number of carbonyl (C=O) groups excluding carboxylic acids is 1. The van der Waals surface area contributed by atoms with Gasteiger partial charge in [0.1, 0.15) is 5.60 Å². The summed E-state index contributed by atoms with van der Waals surface area (Å²) in [6.07, 6.45) is 1.34. The summed E-state index contributed by atoms with van der Waals surface area (Å²) in [7, 11) is -3.52. The lowest BCUT2D eigenvalue weighted by Gasteiger charge is -2.34. The normalized spacial score (nSPS) is 18.4. The molecule has 0 spiro atoms. The zero-order valence-corrected chi connectivity index (χ0v) is 19.0. The lowest BCUT2D eigenvalue weighted by atomic mass is 9.99. The lowest BCUT2D eigenvalue weighted by molar-refractivity contribution is 0.0169. The highest BCUT2D eigenvalue weighted by Crippen LogP contribution is 2.23. The second-order valence-corrected chi connectivity index (χ2v) is 10.9. The third kappa shape index (κ3) is 7.60. The molecule has 6 nitrogen and oxygen atoms in total. The van der Waals surface area contributed by atoms with Gasteiger partial charge in [-0.05, 0) is 57.2 Å². The predicted molar refractivity (Wildman–Crippen MR) is 110 cm³/mol. The van der Waals surface area contributed by atoms with Crippen LogP contribution in [0.5, 0.6) is 0 Å². The molecular weight excluding hydrogens is 456 g/mol. The minimum atomic E-state index is -3.52. The number of benzene rings is 1. The number of rotatable bonds is 5. The van der Waals surface area contributed by atoms with Gasteiger partial charge in [-0.15, -0.1) is 0 Å². The summed E-state index contributed by atoms with van der Waals surface area (Å²) in [6.45, 7) is 6.88. The van der Waals surface area contributed by atoms with Gasteiger partial charge in [0, 0.05) is 29.1 Å². The molecule has 1 saturated heterocycles. The maximum absolute atomic E-state index is 12.4. The molecule has 1 fully saturated rings. The molecule has 0 aromatic heterocycles. The van der Waals surface area contributed by atoms with Crippen LogP contribution in [0.25, 0.3) is 0 Å². The van der Waals surface area contributed by atoms with Gasteiger partial charge in [0.25, 0.3) is 0 Å². The van der Waals surface area contributed by atoms with Gasteiger partial charge in [0.15, 0.2) is 0 Å². The number of nitrogens with one attached hydrogen (secondary N) is 1. The molecule has 9 heteroatoms. The van der Waals surface area contributed by atoms with Crippen LogP contribution in [0.15, 0.2) is 22.7 Å². The molecule has 1 aromatic carbocycles. The Bertz CT molecular complexity index is 780. The predicted octanol–water partition coefficient (Wildman–Crippen LogP) is 4.17. The van der Waals surface area contributed by atoms with E-state index in [0.29, 0.717) is 23.7 Å². The first-order valence-corrected chi connectivity index (χ1v) is 11.7. The molecule has 1 aliphatic rings. The Balaban J connectivity index is 1.90. The summed E-state index contributed by atoms with van der Waals surface area (Å²) in [5.41, 5.74) is 0.00152. The first kappa shape index (κ1) is 22.5. The lowest BCUT2D eigenvalue weighted by Crippen LogP contribution is -2.45. The Morgan fingerprint density at radius 1 is 1.41 bits per heavy atom. The van der Waals surface area contributed by atoms with E-state index in [4.69, 9.17) is 16.3 Å². The molecule has 1 N–H and O–H groups in total. The molecule has 152 valence electrons. The average molecular weight is 482 g/mol. The number of hydrogen-bond acceptors (Lipinski definition) is 4. The molecule has 0 unspecified atom stereocenters. The number of amides is 1. The number of sulfonamides is 1. The van der Waals surface area contributed by atoms with Crippen molar-refractivity contribution in [3.63, 3.8) is 0 Å². The van der Waals surface area contributed by atoms with Crippen molar-refractivity contribution in [2.75, 3.05) is 19.6 Å². The Hall–Kier alpha value is -0.830. The highest BCUT2D eigenvalue weighted by Gasteiger charge is 2.28. The van der Waals surface area contributed by atoms with Gasteiger partial charge in [-0.2, -0.15) is 0 Å². The molecule has 27 heavy (non-hydrogen) atoms. The molecule has 1 atom stereocenters. The van der Waals surface area contributed by atoms with Crippen LogP contribution in [-0.4, -0.2) is 44.6 Å². The number of hydrogen-bond donors (Lipinski definition) is 1. The Morgan fingerprint density at radius 2 is 2.11 bits per heavy atom. The van der Waals surface area contributed by atoms with Crippen molar-refractivity contribution >= 4 is 43.6 Å². The van der Waals surface area contributed by atoms with Crippen molar-refractivity contribution in [2.24, 2.45) is 5.92 Å². The van der Waals surface area contributed by atoms with Crippen molar-refractivity contribution in [3.05, 3.63) is 33.3 Å². The van der Waals surface area contributed by atoms with Crippen LogP contribution in [0.4, 0.5) is 4.79 Å². The van der Waals surface area contributed by atoms with Gasteiger partial charge in [-0.1, -0.05) is 33.6 Å². The fraction of sp³-hybridized carbons (Fsp3) is 0.611. The monoisotopic (exact) mass is 480 g/mol. The van der Waals surface area contributed by atoms with Gasteiger partial charge in [-0.3, -0.25) is 0 Å². The summed E-state index contributed by atoms with van der Waals surface area (Å²) in [5.74, 6) is -0.122. The number of halogens is 2. The van der Waals surface area contributed by atoms with E-state index in [9.17, 15) is 13.2 Å². The Kier molecular flexibility index (Phi) is 7.58. The summed E-state index contributed by atoms with van der Waals surface area (Å²) in [6, 6.07) is 5.12. The second-order valence-electron chi connectivity index (χ2n) is 7.78. The summed E-state index contributed by atoms with van der Waals surface area (Å²) in [4.78, 5) is 13.9. The molecule has 1 aliphatic heterocycles. The smallest absolute Gasteiger partial charge is 0.410 e. The maximum atomic E-state index is 12.4. The van der Waals surface area contributed by atoms with Crippen molar-refractivity contribution in [1.29, 1.82) is 0 Å². The number of ether oxygens (including phenoxy) is 1. The SMILES string of the molecule is CC(C)(C)OC(=O)N1CCC[C@H](CNS(=O)(=O)Cc2ccc(Br)cc2Cl)C1. The topological polar surface area (TPSA) is 75.7 Å². The number of nitrogens with zero attached hydrogens (tertiary/aromatic N) is 1. The third-order valence-electron chi connectivity index (χ3n) is 4.12. The molecule has 0 bridgehead atoms. The van der Waals surface area contributed by atoms with Crippen molar-refractivity contribution < 1.29 is 17.9 Å². The van der Waals surface area contributed by atoms with E-state index < -0.39 is 15.6 Å². The maximum Gasteiger partial charge on any atom is 0.410 e. The van der Waals surface area contributed by atoms with Gasteiger partial charge in [-0.25, -0.2) is 17.9 Å². The number of piperidine rings is 1. The molecule has 0 radical (unpaired) electrons. The van der Waals surface area contributed by atoms with Crippen LogP contribution in [0.3, 0.4) is 0 Å². The van der Waals surface area contributed by atoms with Crippen molar-refractivity contribution in [3.8, 4) is 0 Å². The van der Waals surface area contributed by atoms with E-state index in [1.165, 1.54) is 0 Å². The minimum Gasteiger partial charge on any atom is -0.444 e. The third-order valence-corrected chi connectivity index (χ3v) is 6.27. The quantitative estimate of drug-likeness (QED) is 0.685. The molecule has 0 saturated carbocycles. The molecule has 1 aromatic rings. The molecular formula is C18H26BrClN2O4S. The highest BCUT2D eigenvalue weighted by molar-refractivity contribution is 9.10. The van der Waals surface area contributed by atoms with Crippen LogP contribution in [-0.2, 0) is 20.5 Å². The fourth-order valence-electron chi connectivity index (χ4n) is 2.86. The first-order chi connectivity index (χ1) is 12.5. The van der Waals surface area contributed by atoms with Crippen LogP contribution >= 0.6 is 27.5 Å². The van der Waals surface area contributed by atoms with E-state index in [1.807, 2.05) is 20.8 Å². The zero-order valence-electron chi connectivity index (χ0n) is 15.8. The van der Waals surface area contributed by atoms with E-state index in [-0.39, 0.29) is 24.3 Å². The molecule has 1 amide bonds. The molecule has 0 aliphatic carbocycles. The van der Waals surface area contributed by atoms with Crippen LogP contribution in [0.2, 0.25) is 5.02 Å². The van der Waals surface area contributed by atoms with E-state index in [2.05, 4.69) is 20.7 Å². The summed E-state index contributed by atoms with van der Waals surface area (Å²) < 4.78 is 33.6. The van der Waals surface area contributed by atoms with E-state index in [0.717, 1.165) is 17.3 Å². The van der Waals surface area contributed by atoms with Crippen LogP contribution in [0, 0.1) is 5.92 Å². The number of carbonyl (C=O) groups is 1. The van der Waals surface area contributed by atoms with Gasteiger partial charge >= 0.3 is 6.09 Å². The zero-order chi connectivity index (χ0) is 20.2. The first-order valence-electron chi connectivity index (χ1n) is 8.84. The van der Waals surface area contributed by atoms with E-state index >= 15 is 0 Å². The fourth-order valence-corrected chi connectivity index (χ4v) is 4.94. The summed E-state index contributed by atoms with van der Waals surface area (Å²) >= 11 is 9.41. The number of likely N-dealkylation sites (tertiary alicyclic amines) is 1. The standard InChI is InChI=1S/C18H26BrClN2O4S/c1-18(2,3)26-17(23)22-8-4-5-13(11-22)10-21-27(24,25)12-14-6-7-15(19)9-16(14)20/h6-7,9,13,21H,4-5,8,10-12H2,1-3H3/t13-/m1/s1. The van der Waals surface area contributed by atoms with Crippen LogP contribution < -0.4 is 4.72 Å². The van der Waals surface area contributed by atoms with Gasteiger partial charge in [0.2, 0.25) is 10.0 Å². The second kappa shape index (κ2) is 9.11.